The molecule has 1 aromatic heterocycles. The average Bonchev–Trinajstić information content (AvgIpc) is 3.41. The number of amides is 1. The van der Waals surface area contributed by atoms with Crippen molar-refractivity contribution in [2.45, 2.75) is 45.1 Å². The Balaban J connectivity index is 1.33. The third kappa shape index (κ3) is 4.82. The van der Waals surface area contributed by atoms with E-state index in [9.17, 15) is 9.59 Å². The molecule has 1 aliphatic carbocycles. The van der Waals surface area contributed by atoms with Crippen molar-refractivity contribution in [3.8, 4) is 0 Å². The van der Waals surface area contributed by atoms with E-state index < -0.39 is 0 Å². The van der Waals surface area contributed by atoms with Gasteiger partial charge in [-0.1, -0.05) is 36.4 Å². The number of ketones is 1. The van der Waals surface area contributed by atoms with Crippen LogP contribution in [0.1, 0.15) is 48.8 Å². The van der Waals surface area contributed by atoms with E-state index in [1.165, 1.54) is 6.33 Å². The molecule has 1 amide bonds. The Morgan fingerprint density at radius 2 is 1.87 bits per heavy atom. The fraction of sp³-hybridized carbons (Fsp3) is 0.333. The van der Waals surface area contributed by atoms with Crippen LogP contribution in [0.3, 0.4) is 0 Å². The topological polar surface area (TPSA) is 76.9 Å². The van der Waals surface area contributed by atoms with E-state index in [1.807, 2.05) is 55.5 Å². The SMILES string of the molecule is CC(C(=O)Nc1ccc(Cn2cncn2)cc1)c1ccc(CC2CCCC2=O)cc1. The Bertz CT molecular complexity index is 995. The molecule has 4 rings (SSSR count). The number of nitrogens with one attached hydrogen (secondary N) is 1. The summed E-state index contributed by atoms with van der Waals surface area (Å²) in [6.07, 6.45) is 6.73. The van der Waals surface area contributed by atoms with Crippen molar-refractivity contribution in [3.63, 3.8) is 0 Å². The molecule has 2 aromatic carbocycles. The molecule has 0 spiro atoms. The van der Waals surface area contributed by atoms with Crippen molar-refractivity contribution in [2.24, 2.45) is 5.92 Å². The summed E-state index contributed by atoms with van der Waals surface area (Å²) in [6.45, 7) is 2.55. The van der Waals surface area contributed by atoms with Crippen molar-refractivity contribution in [2.75, 3.05) is 5.32 Å². The van der Waals surface area contributed by atoms with E-state index in [2.05, 4.69) is 15.4 Å². The molecular weight excluding hydrogens is 376 g/mol. The number of aromatic nitrogens is 3. The van der Waals surface area contributed by atoms with Gasteiger partial charge in [0.15, 0.2) is 0 Å². The Hall–Kier alpha value is -3.28. The van der Waals surface area contributed by atoms with Crippen LogP contribution < -0.4 is 5.32 Å². The summed E-state index contributed by atoms with van der Waals surface area (Å²) in [4.78, 5) is 28.5. The molecule has 0 saturated heterocycles. The van der Waals surface area contributed by atoms with Gasteiger partial charge < -0.3 is 5.32 Å². The molecule has 30 heavy (non-hydrogen) atoms. The molecule has 6 nitrogen and oxygen atoms in total. The standard InChI is InChI=1S/C24H26N4O2/c1-17(20-9-5-18(6-10-20)13-21-3-2-4-23(21)29)24(30)27-22-11-7-19(8-12-22)14-28-16-25-15-26-28/h5-12,15-17,21H,2-4,13-14H2,1H3,(H,27,30). The lowest BCUT2D eigenvalue weighted by Crippen LogP contribution is -2.19. The first-order valence-electron chi connectivity index (χ1n) is 10.4. The summed E-state index contributed by atoms with van der Waals surface area (Å²) in [5, 5.41) is 7.08. The maximum absolute atomic E-state index is 12.7. The summed E-state index contributed by atoms with van der Waals surface area (Å²) >= 11 is 0. The van der Waals surface area contributed by atoms with Gasteiger partial charge in [0.25, 0.3) is 0 Å². The molecule has 1 N–H and O–H groups in total. The molecule has 1 heterocycles. The van der Waals surface area contributed by atoms with E-state index >= 15 is 0 Å². The number of nitrogens with zero attached hydrogens (tertiary/aromatic N) is 3. The third-order valence-electron chi connectivity index (χ3n) is 5.82. The van der Waals surface area contributed by atoms with Crippen LogP contribution in [0.4, 0.5) is 5.69 Å². The van der Waals surface area contributed by atoms with Gasteiger partial charge in [-0.15, -0.1) is 0 Å². The second-order valence-electron chi connectivity index (χ2n) is 8.00. The van der Waals surface area contributed by atoms with Crippen molar-refractivity contribution in [1.29, 1.82) is 0 Å². The summed E-state index contributed by atoms with van der Waals surface area (Å²) in [7, 11) is 0. The van der Waals surface area contributed by atoms with E-state index in [1.54, 1.807) is 11.0 Å². The van der Waals surface area contributed by atoms with Gasteiger partial charge in [0.2, 0.25) is 5.91 Å². The van der Waals surface area contributed by atoms with Crippen LogP contribution in [0.2, 0.25) is 0 Å². The van der Waals surface area contributed by atoms with Crippen LogP contribution in [0, 0.1) is 5.92 Å². The van der Waals surface area contributed by atoms with Gasteiger partial charge in [0.1, 0.15) is 18.4 Å². The summed E-state index contributed by atoms with van der Waals surface area (Å²) in [5.74, 6) is 0.253. The average molecular weight is 402 g/mol. The number of carbonyl (C=O) groups excluding carboxylic acids is 2. The highest BCUT2D eigenvalue weighted by atomic mass is 16.2. The number of carbonyl (C=O) groups is 2. The van der Waals surface area contributed by atoms with Crippen molar-refractivity contribution >= 4 is 17.4 Å². The van der Waals surface area contributed by atoms with Gasteiger partial charge in [-0.2, -0.15) is 5.10 Å². The molecular formula is C24H26N4O2. The third-order valence-corrected chi connectivity index (χ3v) is 5.82. The van der Waals surface area contributed by atoms with Crippen molar-refractivity contribution in [1.82, 2.24) is 14.8 Å². The number of rotatable bonds is 7. The second-order valence-corrected chi connectivity index (χ2v) is 8.00. The van der Waals surface area contributed by atoms with Crippen LogP contribution in [0.25, 0.3) is 0 Å². The zero-order chi connectivity index (χ0) is 20.9. The largest absolute Gasteiger partial charge is 0.326 e. The van der Waals surface area contributed by atoms with Crippen LogP contribution in [0.15, 0.2) is 61.2 Å². The predicted octanol–water partition coefficient (Wildman–Crippen LogP) is 3.98. The van der Waals surface area contributed by atoms with Gasteiger partial charge in [-0.3, -0.25) is 9.59 Å². The van der Waals surface area contributed by atoms with E-state index in [-0.39, 0.29) is 17.7 Å². The second kappa shape index (κ2) is 9.03. The van der Waals surface area contributed by atoms with Crippen LogP contribution >= 0.6 is 0 Å². The fourth-order valence-electron chi connectivity index (χ4n) is 3.93. The van der Waals surface area contributed by atoms with E-state index in [0.717, 1.165) is 48.1 Å². The number of hydrogen-bond acceptors (Lipinski definition) is 4. The van der Waals surface area contributed by atoms with Gasteiger partial charge >= 0.3 is 0 Å². The molecule has 3 aromatic rings. The fourth-order valence-corrected chi connectivity index (χ4v) is 3.93. The minimum atomic E-state index is -0.262. The van der Waals surface area contributed by atoms with Crippen LogP contribution in [-0.4, -0.2) is 26.5 Å². The minimum Gasteiger partial charge on any atom is -0.326 e. The maximum atomic E-state index is 12.7. The molecule has 0 bridgehead atoms. The summed E-state index contributed by atoms with van der Waals surface area (Å²) in [5.41, 5.74) is 3.99. The first-order chi connectivity index (χ1) is 14.6. The molecule has 0 radical (unpaired) electrons. The first-order valence-corrected chi connectivity index (χ1v) is 10.4. The monoisotopic (exact) mass is 402 g/mol. The Morgan fingerprint density at radius 3 is 2.50 bits per heavy atom. The highest BCUT2D eigenvalue weighted by molar-refractivity contribution is 5.95. The molecule has 154 valence electrons. The summed E-state index contributed by atoms with van der Waals surface area (Å²) < 4.78 is 1.75. The van der Waals surface area contributed by atoms with Crippen LogP contribution in [0.5, 0.6) is 0 Å². The lowest BCUT2D eigenvalue weighted by atomic mass is 9.94. The van der Waals surface area contributed by atoms with Gasteiger partial charge in [0, 0.05) is 18.0 Å². The van der Waals surface area contributed by atoms with Crippen molar-refractivity contribution in [3.05, 3.63) is 77.9 Å². The zero-order valence-electron chi connectivity index (χ0n) is 17.1. The van der Waals surface area contributed by atoms with Gasteiger partial charge in [-0.05, 0) is 55.0 Å². The smallest absolute Gasteiger partial charge is 0.231 e. The van der Waals surface area contributed by atoms with E-state index in [4.69, 9.17) is 0 Å². The zero-order valence-corrected chi connectivity index (χ0v) is 17.1. The quantitative estimate of drug-likeness (QED) is 0.648. The molecule has 0 aliphatic heterocycles. The van der Waals surface area contributed by atoms with E-state index in [0.29, 0.717) is 12.3 Å². The lowest BCUT2D eigenvalue weighted by Gasteiger charge is -2.14. The lowest BCUT2D eigenvalue weighted by molar-refractivity contribution is -0.120. The van der Waals surface area contributed by atoms with Crippen LogP contribution in [-0.2, 0) is 22.6 Å². The van der Waals surface area contributed by atoms with Crippen molar-refractivity contribution < 1.29 is 9.59 Å². The first kappa shape index (κ1) is 20.0. The molecule has 2 unspecified atom stereocenters. The normalized spacial score (nSPS) is 17.1. The molecule has 1 fully saturated rings. The number of Topliss-reactive ketones (excluding diaryl/α,β-unsaturated/α-hetero) is 1. The van der Waals surface area contributed by atoms with Gasteiger partial charge in [0.05, 0.1) is 12.5 Å². The molecule has 6 heteroatoms. The molecule has 2 atom stereocenters. The molecule has 1 aliphatic rings. The van der Waals surface area contributed by atoms with Gasteiger partial charge in [-0.25, -0.2) is 9.67 Å². The highest BCUT2D eigenvalue weighted by Crippen LogP contribution is 2.26. The Kier molecular flexibility index (Phi) is 6.02. The number of hydrogen-bond donors (Lipinski definition) is 1. The highest BCUT2D eigenvalue weighted by Gasteiger charge is 2.24. The minimum absolute atomic E-state index is 0.0438. The number of benzene rings is 2. The molecule has 1 saturated carbocycles. The Labute approximate surface area is 176 Å². The summed E-state index contributed by atoms with van der Waals surface area (Å²) in [6, 6.07) is 15.8. The maximum Gasteiger partial charge on any atom is 0.231 e. The predicted molar refractivity (Wildman–Crippen MR) is 115 cm³/mol. The number of anilines is 1. The Morgan fingerprint density at radius 1 is 1.13 bits per heavy atom.